The molecule has 0 saturated carbocycles. The third-order valence-electron chi connectivity index (χ3n) is 10.2. The van der Waals surface area contributed by atoms with Gasteiger partial charge < -0.3 is 23.7 Å². The van der Waals surface area contributed by atoms with Crippen LogP contribution in [-0.4, -0.2) is 99.7 Å². The molecule has 3 aliphatic rings. The summed E-state index contributed by atoms with van der Waals surface area (Å²) < 4.78 is 43.1. The number of likely N-dealkylation sites (tertiary alicyclic amines) is 2. The topological polar surface area (TPSA) is 79.6 Å². The summed E-state index contributed by atoms with van der Waals surface area (Å²) in [5.74, 6) is 0.157. The lowest BCUT2D eigenvalue weighted by atomic mass is 9.78. The Bertz CT molecular complexity index is 1670. The maximum Gasteiger partial charge on any atom is 0.410 e. The number of amides is 2. The van der Waals surface area contributed by atoms with Crippen molar-refractivity contribution >= 4 is 17.5 Å². The molecule has 2 atom stereocenters. The van der Waals surface area contributed by atoms with E-state index in [4.69, 9.17) is 9.47 Å². The number of halogens is 2. The monoisotopic (exact) mass is 665 g/mol. The first-order valence-corrected chi connectivity index (χ1v) is 17.3. The van der Waals surface area contributed by atoms with E-state index < -0.39 is 17.4 Å². The smallest absolute Gasteiger partial charge is 0.410 e. The van der Waals surface area contributed by atoms with E-state index in [1.54, 1.807) is 22.3 Å². The van der Waals surface area contributed by atoms with E-state index in [2.05, 4.69) is 23.7 Å². The van der Waals surface area contributed by atoms with E-state index in [1.807, 2.05) is 44.9 Å². The van der Waals surface area contributed by atoms with E-state index in [0.29, 0.717) is 67.7 Å². The van der Waals surface area contributed by atoms with Gasteiger partial charge in [-0.3, -0.25) is 9.69 Å². The number of carbonyl (C=O) groups is 2. The van der Waals surface area contributed by atoms with Crippen LogP contribution in [0.1, 0.15) is 82.0 Å². The SMILES string of the molecule is Cc1nc(F)c2c(-c3ccc(F)cc3C(=O)N3CCOC[C@H]3C)cc(C3CN(C(C(C)C)C4CCN(C(=O)OC(C)(C)C)CC4)C3)cn12. The summed E-state index contributed by atoms with van der Waals surface area (Å²) in [5, 5.41) is 0. The number of piperidine rings is 1. The van der Waals surface area contributed by atoms with Crippen molar-refractivity contribution in [2.75, 3.05) is 45.9 Å². The first kappa shape index (κ1) is 34.3. The number of hydrogen-bond donors (Lipinski definition) is 0. The van der Waals surface area contributed by atoms with E-state index in [9.17, 15) is 14.0 Å². The molecule has 0 N–H and O–H groups in total. The molecule has 0 bridgehead atoms. The molecule has 11 heteroatoms. The minimum Gasteiger partial charge on any atom is -0.444 e. The molecule has 3 fully saturated rings. The van der Waals surface area contributed by atoms with Crippen LogP contribution in [0.4, 0.5) is 13.6 Å². The molecule has 48 heavy (non-hydrogen) atoms. The summed E-state index contributed by atoms with van der Waals surface area (Å²) in [7, 11) is 0. The zero-order chi connectivity index (χ0) is 34.5. The Labute approximate surface area is 282 Å². The van der Waals surface area contributed by atoms with Gasteiger partial charge in [0, 0.05) is 56.4 Å². The quantitative estimate of drug-likeness (QED) is 0.299. The third-order valence-corrected chi connectivity index (χ3v) is 10.2. The second kappa shape index (κ2) is 13.4. The van der Waals surface area contributed by atoms with Crippen molar-refractivity contribution < 1.29 is 27.8 Å². The number of fused-ring (bicyclic) bond motifs is 1. The highest BCUT2D eigenvalue weighted by molar-refractivity contribution is 6.03. The zero-order valence-electron chi connectivity index (χ0n) is 29.3. The Morgan fingerprint density at radius 2 is 1.75 bits per heavy atom. The number of imidazole rings is 1. The Morgan fingerprint density at radius 1 is 1.04 bits per heavy atom. The molecule has 260 valence electrons. The van der Waals surface area contributed by atoms with Crippen molar-refractivity contribution in [1.82, 2.24) is 24.1 Å². The summed E-state index contributed by atoms with van der Waals surface area (Å²) in [4.78, 5) is 36.8. The van der Waals surface area contributed by atoms with Crippen molar-refractivity contribution in [3.63, 3.8) is 0 Å². The zero-order valence-corrected chi connectivity index (χ0v) is 29.3. The van der Waals surface area contributed by atoms with E-state index >= 15 is 4.39 Å². The van der Waals surface area contributed by atoms with Crippen LogP contribution in [-0.2, 0) is 9.47 Å². The highest BCUT2D eigenvalue weighted by Crippen LogP contribution is 2.40. The Balaban J connectivity index is 1.25. The molecule has 2 amide bonds. The highest BCUT2D eigenvalue weighted by Gasteiger charge is 2.41. The number of pyridine rings is 1. The maximum atomic E-state index is 15.5. The lowest BCUT2D eigenvalue weighted by Crippen LogP contribution is -2.57. The van der Waals surface area contributed by atoms with Gasteiger partial charge in [0.25, 0.3) is 5.91 Å². The highest BCUT2D eigenvalue weighted by atomic mass is 19.1. The van der Waals surface area contributed by atoms with Gasteiger partial charge in [-0.2, -0.15) is 4.39 Å². The Kier molecular flexibility index (Phi) is 9.56. The fraction of sp³-hybridized carbons (Fsp3) is 0.595. The average Bonchev–Trinajstić information content (AvgIpc) is 3.29. The molecule has 0 radical (unpaired) electrons. The molecule has 3 aromatic rings. The van der Waals surface area contributed by atoms with E-state index in [-0.39, 0.29) is 35.0 Å². The van der Waals surface area contributed by atoms with Crippen LogP contribution in [0.25, 0.3) is 16.6 Å². The van der Waals surface area contributed by atoms with Crippen LogP contribution in [0.5, 0.6) is 0 Å². The molecule has 3 saturated heterocycles. The summed E-state index contributed by atoms with van der Waals surface area (Å²) >= 11 is 0. The average molecular weight is 666 g/mol. The van der Waals surface area contributed by atoms with Crippen LogP contribution in [0.15, 0.2) is 30.5 Å². The van der Waals surface area contributed by atoms with Crippen LogP contribution < -0.4 is 0 Å². The summed E-state index contributed by atoms with van der Waals surface area (Å²) in [6, 6.07) is 6.34. The van der Waals surface area contributed by atoms with Crippen LogP contribution in [0, 0.1) is 30.5 Å². The molecule has 3 aliphatic heterocycles. The fourth-order valence-corrected chi connectivity index (χ4v) is 7.85. The van der Waals surface area contributed by atoms with Crippen molar-refractivity contribution in [2.45, 2.75) is 84.9 Å². The molecule has 5 heterocycles. The minimum atomic E-state index is -0.621. The van der Waals surface area contributed by atoms with Gasteiger partial charge in [-0.05, 0) is 88.6 Å². The molecule has 1 unspecified atom stereocenters. The van der Waals surface area contributed by atoms with Gasteiger partial charge in [-0.1, -0.05) is 19.9 Å². The van der Waals surface area contributed by atoms with Gasteiger partial charge >= 0.3 is 6.09 Å². The van der Waals surface area contributed by atoms with Gasteiger partial charge in [-0.25, -0.2) is 14.2 Å². The van der Waals surface area contributed by atoms with Crippen molar-refractivity contribution in [2.24, 2.45) is 11.8 Å². The number of morpholine rings is 1. The molecule has 2 aromatic heterocycles. The second-order valence-electron chi connectivity index (χ2n) is 15.2. The predicted octanol–water partition coefficient (Wildman–Crippen LogP) is 6.52. The first-order chi connectivity index (χ1) is 22.7. The van der Waals surface area contributed by atoms with Gasteiger partial charge in [0.1, 0.15) is 22.8 Å². The van der Waals surface area contributed by atoms with E-state index in [1.165, 1.54) is 12.1 Å². The summed E-state index contributed by atoms with van der Waals surface area (Å²) in [6.45, 7) is 18.2. The largest absolute Gasteiger partial charge is 0.444 e. The molecular formula is C37H49F2N5O4. The predicted molar refractivity (Wildman–Crippen MR) is 180 cm³/mol. The lowest BCUT2D eigenvalue weighted by Gasteiger charge is -2.50. The Morgan fingerprint density at radius 3 is 2.40 bits per heavy atom. The number of aromatic nitrogens is 2. The molecule has 1 aromatic carbocycles. The Hall–Kier alpha value is -3.57. The molecule has 0 spiro atoms. The van der Waals surface area contributed by atoms with Crippen molar-refractivity contribution in [3.05, 3.63) is 59.2 Å². The summed E-state index contributed by atoms with van der Waals surface area (Å²) in [6.07, 6.45) is 3.57. The van der Waals surface area contributed by atoms with Gasteiger partial charge in [0.05, 0.1) is 24.8 Å². The maximum absolute atomic E-state index is 15.5. The van der Waals surface area contributed by atoms with Gasteiger partial charge in [0.2, 0.25) is 5.95 Å². The van der Waals surface area contributed by atoms with Crippen LogP contribution >= 0.6 is 0 Å². The third kappa shape index (κ3) is 6.81. The van der Waals surface area contributed by atoms with Crippen molar-refractivity contribution in [3.8, 4) is 11.1 Å². The number of rotatable bonds is 6. The molecular weight excluding hydrogens is 616 g/mol. The second-order valence-corrected chi connectivity index (χ2v) is 15.2. The number of carbonyl (C=O) groups excluding carboxylic acids is 2. The standard InChI is InChI=1S/C37H49F2N5O4/c1-22(2)32(25-10-12-41(13-11-25)36(46)48-37(5,6)7)42-18-27(19-42)26-16-30(33-34(39)40-24(4)44(33)20-26)29-9-8-28(38)17-31(29)35(45)43-14-15-47-21-23(43)3/h8-9,16-17,20,22-23,25,27,32H,10-15,18-19,21H2,1-7H3/t23-,32?/m1/s1. The lowest BCUT2D eigenvalue weighted by molar-refractivity contribution is -0.00626. The van der Waals surface area contributed by atoms with Crippen molar-refractivity contribution in [1.29, 1.82) is 0 Å². The number of aryl methyl sites for hydroxylation is 1. The van der Waals surface area contributed by atoms with Gasteiger partial charge in [-0.15, -0.1) is 0 Å². The fourth-order valence-electron chi connectivity index (χ4n) is 7.85. The number of benzene rings is 1. The van der Waals surface area contributed by atoms with E-state index in [0.717, 1.165) is 31.5 Å². The first-order valence-electron chi connectivity index (χ1n) is 17.3. The van der Waals surface area contributed by atoms with Crippen LogP contribution in [0.2, 0.25) is 0 Å². The molecule has 0 aliphatic carbocycles. The van der Waals surface area contributed by atoms with Gasteiger partial charge in [0.15, 0.2) is 0 Å². The van der Waals surface area contributed by atoms with Crippen LogP contribution in [0.3, 0.4) is 0 Å². The molecule has 9 nitrogen and oxygen atoms in total. The molecule has 6 rings (SSSR count). The number of nitrogens with zero attached hydrogens (tertiary/aromatic N) is 5. The minimum absolute atomic E-state index is 0.165. The summed E-state index contributed by atoms with van der Waals surface area (Å²) in [5.41, 5.74) is 2.01. The normalized spacial score (nSPS) is 20.8. The number of hydrogen-bond acceptors (Lipinski definition) is 6. The number of ether oxygens (including phenoxy) is 2.